The molecular weight excluding hydrogens is 320 g/mol. The average Bonchev–Trinajstić information content (AvgIpc) is 3.34. The minimum atomic E-state index is -0.303. The van der Waals surface area contributed by atoms with Gasteiger partial charge in [0.25, 0.3) is 0 Å². The molecule has 2 heterocycles. The van der Waals surface area contributed by atoms with Crippen molar-refractivity contribution in [2.24, 2.45) is 5.92 Å². The molecule has 0 aromatic heterocycles. The first-order valence-corrected chi connectivity index (χ1v) is 9.94. The molecule has 0 radical (unpaired) electrons. The Morgan fingerprint density at radius 1 is 1.00 bits per heavy atom. The molecule has 1 spiro atoms. The molecule has 3 heteroatoms. The van der Waals surface area contributed by atoms with Gasteiger partial charge in [-0.25, -0.2) is 0 Å². The van der Waals surface area contributed by atoms with Crippen LogP contribution in [0.4, 0.5) is 5.69 Å². The van der Waals surface area contributed by atoms with Crippen molar-refractivity contribution >= 4 is 11.6 Å². The van der Waals surface area contributed by atoms with Crippen LogP contribution < -0.4 is 4.90 Å². The van der Waals surface area contributed by atoms with Crippen LogP contribution in [0.15, 0.2) is 54.6 Å². The standard InChI is InChI=1S/C23H26N2O/c26-22-23(13-15-24(17-23)16-19-10-11-19)20-8-4-5-9-21(20)25(22)14-12-18-6-2-1-3-7-18/h1-9,19H,10-17H2. The topological polar surface area (TPSA) is 23.6 Å². The predicted molar refractivity (Wildman–Crippen MR) is 104 cm³/mol. The Kier molecular flexibility index (Phi) is 3.86. The summed E-state index contributed by atoms with van der Waals surface area (Å²) in [6.07, 6.45) is 4.62. The van der Waals surface area contributed by atoms with Crippen LogP contribution in [-0.2, 0) is 16.6 Å². The number of anilines is 1. The smallest absolute Gasteiger partial charge is 0.239 e. The highest BCUT2D eigenvalue weighted by Crippen LogP contribution is 2.47. The maximum absolute atomic E-state index is 13.6. The van der Waals surface area contributed by atoms with Gasteiger partial charge < -0.3 is 9.80 Å². The third kappa shape index (κ3) is 2.66. The van der Waals surface area contributed by atoms with Crippen molar-refractivity contribution in [1.29, 1.82) is 0 Å². The van der Waals surface area contributed by atoms with Crippen molar-refractivity contribution < 1.29 is 4.79 Å². The van der Waals surface area contributed by atoms with E-state index in [0.717, 1.165) is 44.1 Å². The van der Waals surface area contributed by atoms with Crippen molar-refractivity contribution in [2.75, 3.05) is 31.1 Å². The van der Waals surface area contributed by atoms with E-state index in [-0.39, 0.29) is 5.41 Å². The SMILES string of the molecule is O=C1N(CCc2ccccc2)c2ccccc2C12CCN(CC1CC1)C2. The van der Waals surface area contributed by atoms with E-state index in [9.17, 15) is 4.79 Å². The van der Waals surface area contributed by atoms with Crippen LogP contribution in [0.1, 0.15) is 30.4 Å². The molecule has 1 aliphatic carbocycles. The third-order valence-electron chi connectivity index (χ3n) is 6.39. The first-order chi connectivity index (χ1) is 12.8. The summed E-state index contributed by atoms with van der Waals surface area (Å²) in [5.41, 5.74) is 3.39. The summed E-state index contributed by atoms with van der Waals surface area (Å²) in [6, 6.07) is 19.0. The predicted octanol–water partition coefficient (Wildman–Crippen LogP) is 3.63. The zero-order valence-corrected chi connectivity index (χ0v) is 15.2. The van der Waals surface area contributed by atoms with Gasteiger partial charge in [-0.2, -0.15) is 0 Å². The highest BCUT2D eigenvalue weighted by Gasteiger charge is 2.54. The summed E-state index contributed by atoms with van der Waals surface area (Å²) >= 11 is 0. The van der Waals surface area contributed by atoms with E-state index >= 15 is 0 Å². The van der Waals surface area contributed by atoms with Crippen molar-refractivity contribution in [1.82, 2.24) is 4.90 Å². The van der Waals surface area contributed by atoms with Gasteiger partial charge in [0.05, 0.1) is 5.41 Å². The summed E-state index contributed by atoms with van der Waals surface area (Å²) in [7, 11) is 0. The fraction of sp³-hybridized carbons (Fsp3) is 0.435. The minimum absolute atomic E-state index is 0.303. The van der Waals surface area contributed by atoms with E-state index in [2.05, 4.69) is 58.3 Å². The summed E-state index contributed by atoms with van der Waals surface area (Å²) in [5, 5.41) is 0. The average molecular weight is 346 g/mol. The van der Waals surface area contributed by atoms with E-state index in [1.807, 2.05) is 6.07 Å². The largest absolute Gasteiger partial charge is 0.311 e. The fourth-order valence-electron chi connectivity index (χ4n) is 4.81. The third-order valence-corrected chi connectivity index (χ3v) is 6.39. The zero-order chi connectivity index (χ0) is 17.6. The maximum atomic E-state index is 13.6. The minimum Gasteiger partial charge on any atom is -0.311 e. The van der Waals surface area contributed by atoms with Crippen LogP contribution in [0, 0.1) is 5.92 Å². The van der Waals surface area contributed by atoms with E-state index in [1.165, 1.54) is 30.5 Å². The van der Waals surface area contributed by atoms with Crippen LogP contribution in [0.5, 0.6) is 0 Å². The highest BCUT2D eigenvalue weighted by atomic mass is 16.2. The van der Waals surface area contributed by atoms with Gasteiger partial charge >= 0.3 is 0 Å². The van der Waals surface area contributed by atoms with Crippen LogP contribution in [0.3, 0.4) is 0 Å². The molecule has 5 rings (SSSR count). The molecule has 1 saturated heterocycles. The van der Waals surface area contributed by atoms with Crippen molar-refractivity contribution in [2.45, 2.75) is 31.1 Å². The first kappa shape index (κ1) is 16.1. The molecule has 1 saturated carbocycles. The van der Waals surface area contributed by atoms with Crippen molar-refractivity contribution in [3.8, 4) is 0 Å². The molecule has 2 aromatic rings. The first-order valence-electron chi connectivity index (χ1n) is 9.94. The lowest BCUT2D eigenvalue weighted by Crippen LogP contribution is -2.43. The van der Waals surface area contributed by atoms with Gasteiger partial charge in [0.15, 0.2) is 0 Å². The lowest BCUT2D eigenvalue weighted by molar-refractivity contribution is -0.122. The zero-order valence-electron chi connectivity index (χ0n) is 15.2. The van der Waals surface area contributed by atoms with E-state index in [0.29, 0.717) is 5.91 Å². The van der Waals surface area contributed by atoms with Crippen LogP contribution in [-0.4, -0.2) is 37.0 Å². The number of likely N-dealkylation sites (tertiary alicyclic amines) is 1. The second-order valence-electron chi connectivity index (χ2n) is 8.22. The number of carbonyl (C=O) groups excluding carboxylic acids is 1. The molecule has 1 unspecified atom stereocenters. The maximum Gasteiger partial charge on any atom is 0.239 e. The van der Waals surface area contributed by atoms with Crippen molar-refractivity contribution in [3.05, 3.63) is 65.7 Å². The van der Waals surface area contributed by atoms with Gasteiger partial charge in [-0.15, -0.1) is 0 Å². The lowest BCUT2D eigenvalue weighted by Gasteiger charge is -2.25. The molecule has 134 valence electrons. The second-order valence-corrected chi connectivity index (χ2v) is 8.22. The number of carbonyl (C=O) groups is 1. The molecule has 2 fully saturated rings. The Labute approximate surface area is 155 Å². The molecule has 3 nitrogen and oxygen atoms in total. The van der Waals surface area contributed by atoms with Gasteiger partial charge in [0.2, 0.25) is 5.91 Å². The Bertz CT molecular complexity index is 814. The summed E-state index contributed by atoms with van der Waals surface area (Å²) in [5.74, 6) is 1.21. The molecule has 3 aliphatic rings. The summed E-state index contributed by atoms with van der Waals surface area (Å²) < 4.78 is 0. The number of nitrogens with zero attached hydrogens (tertiary/aromatic N) is 2. The van der Waals surface area contributed by atoms with Crippen molar-refractivity contribution in [3.63, 3.8) is 0 Å². The number of benzene rings is 2. The van der Waals surface area contributed by atoms with Gasteiger partial charge in [-0.05, 0) is 55.3 Å². The fourth-order valence-corrected chi connectivity index (χ4v) is 4.81. The van der Waals surface area contributed by atoms with E-state index < -0.39 is 0 Å². The van der Waals surface area contributed by atoms with Crippen LogP contribution in [0.2, 0.25) is 0 Å². The molecule has 2 aromatic carbocycles. The van der Waals surface area contributed by atoms with Crippen LogP contribution >= 0.6 is 0 Å². The molecule has 2 aliphatic heterocycles. The number of amides is 1. The van der Waals surface area contributed by atoms with Gasteiger partial charge in [0.1, 0.15) is 0 Å². The summed E-state index contributed by atoms with van der Waals surface area (Å²) in [4.78, 5) is 18.1. The monoisotopic (exact) mass is 346 g/mol. The highest BCUT2D eigenvalue weighted by molar-refractivity contribution is 6.08. The molecule has 0 N–H and O–H groups in total. The summed E-state index contributed by atoms with van der Waals surface area (Å²) in [6.45, 7) is 3.91. The molecular formula is C23H26N2O. The number of para-hydroxylation sites is 1. The molecule has 26 heavy (non-hydrogen) atoms. The molecule has 1 atom stereocenters. The Morgan fingerprint density at radius 2 is 1.77 bits per heavy atom. The Morgan fingerprint density at radius 3 is 2.58 bits per heavy atom. The van der Waals surface area contributed by atoms with E-state index in [4.69, 9.17) is 0 Å². The molecule has 0 bridgehead atoms. The molecule has 1 amide bonds. The Balaban J connectivity index is 1.40. The Hall–Kier alpha value is -2.13. The number of fused-ring (bicyclic) bond motifs is 2. The quantitative estimate of drug-likeness (QED) is 0.825. The van der Waals surface area contributed by atoms with Gasteiger partial charge in [0, 0.05) is 25.3 Å². The second kappa shape index (κ2) is 6.24. The van der Waals surface area contributed by atoms with Gasteiger partial charge in [-0.1, -0.05) is 48.5 Å². The number of rotatable bonds is 5. The van der Waals surface area contributed by atoms with E-state index in [1.54, 1.807) is 0 Å². The lowest BCUT2D eigenvalue weighted by atomic mass is 9.81. The number of hydrogen-bond donors (Lipinski definition) is 0. The van der Waals surface area contributed by atoms with Gasteiger partial charge in [-0.3, -0.25) is 4.79 Å². The van der Waals surface area contributed by atoms with Crippen LogP contribution in [0.25, 0.3) is 0 Å². The normalized spacial score (nSPS) is 25.2. The number of hydrogen-bond acceptors (Lipinski definition) is 2.